The van der Waals surface area contributed by atoms with Gasteiger partial charge in [0, 0.05) is 19.1 Å². The average molecular weight is 226 g/mol. The summed E-state index contributed by atoms with van der Waals surface area (Å²) in [7, 11) is 1.76. The zero-order chi connectivity index (χ0) is 11.6. The van der Waals surface area contributed by atoms with E-state index < -0.39 is 11.5 Å². The summed E-state index contributed by atoms with van der Waals surface area (Å²) in [6.45, 7) is 1.86. The summed E-state index contributed by atoms with van der Waals surface area (Å²) in [5, 5.41) is 12.3. The number of nitrogens with one attached hydrogen (secondary N) is 1. The lowest BCUT2D eigenvalue weighted by molar-refractivity contribution is -0.147. The molecule has 4 heteroatoms. The molecule has 2 aliphatic rings. The topological polar surface area (TPSA) is 52.6 Å². The molecule has 2 N–H and O–H groups in total. The lowest BCUT2D eigenvalue weighted by atomic mass is 9.87. The number of likely N-dealkylation sites (N-methyl/N-ethyl adjacent to an activating group) is 1. The van der Waals surface area contributed by atoms with Crippen molar-refractivity contribution in [1.29, 1.82) is 0 Å². The molecule has 16 heavy (non-hydrogen) atoms. The SMILES string of the molecule is CNC1(C(=O)O)CCN(C2CCCC2)CC1. The van der Waals surface area contributed by atoms with Crippen molar-refractivity contribution in [3.8, 4) is 0 Å². The van der Waals surface area contributed by atoms with E-state index in [9.17, 15) is 9.90 Å². The lowest BCUT2D eigenvalue weighted by Crippen LogP contribution is -2.58. The van der Waals surface area contributed by atoms with Crippen LogP contribution in [0.25, 0.3) is 0 Å². The normalized spacial score (nSPS) is 27.1. The van der Waals surface area contributed by atoms with Crippen LogP contribution in [0.4, 0.5) is 0 Å². The molecule has 0 aromatic carbocycles. The Morgan fingerprint density at radius 3 is 2.31 bits per heavy atom. The van der Waals surface area contributed by atoms with Gasteiger partial charge in [0.05, 0.1) is 0 Å². The Balaban J connectivity index is 1.92. The van der Waals surface area contributed by atoms with Crippen molar-refractivity contribution < 1.29 is 9.90 Å². The summed E-state index contributed by atoms with van der Waals surface area (Å²) in [6, 6.07) is 0.726. The molecule has 0 aromatic rings. The van der Waals surface area contributed by atoms with Crippen LogP contribution in [0.1, 0.15) is 38.5 Å². The maximum Gasteiger partial charge on any atom is 0.323 e. The number of hydrogen-bond acceptors (Lipinski definition) is 3. The van der Waals surface area contributed by atoms with Crippen LogP contribution in [0, 0.1) is 0 Å². The van der Waals surface area contributed by atoms with E-state index in [-0.39, 0.29) is 0 Å². The summed E-state index contributed by atoms with van der Waals surface area (Å²) < 4.78 is 0. The van der Waals surface area contributed by atoms with Gasteiger partial charge in [0.1, 0.15) is 5.54 Å². The maximum absolute atomic E-state index is 11.3. The van der Waals surface area contributed by atoms with E-state index in [0.717, 1.165) is 32.0 Å². The summed E-state index contributed by atoms with van der Waals surface area (Å²) in [5.41, 5.74) is -0.672. The molecule has 0 unspecified atom stereocenters. The van der Waals surface area contributed by atoms with Gasteiger partial charge >= 0.3 is 5.97 Å². The quantitative estimate of drug-likeness (QED) is 0.756. The van der Waals surface area contributed by atoms with Gasteiger partial charge < -0.3 is 15.3 Å². The van der Waals surface area contributed by atoms with E-state index >= 15 is 0 Å². The molecular weight excluding hydrogens is 204 g/mol. The fraction of sp³-hybridized carbons (Fsp3) is 0.917. The summed E-state index contributed by atoms with van der Waals surface area (Å²) in [4.78, 5) is 13.7. The molecule has 2 fully saturated rings. The van der Waals surface area contributed by atoms with E-state index in [2.05, 4.69) is 10.2 Å². The predicted octanol–water partition coefficient (Wildman–Crippen LogP) is 1.07. The molecular formula is C12H22N2O2. The minimum absolute atomic E-state index is 0.672. The van der Waals surface area contributed by atoms with Gasteiger partial charge in [0.15, 0.2) is 0 Å². The summed E-state index contributed by atoms with van der Waals surface area (Å²) >= 11 is 0. The number of hydrogen-bond donors (Lipinski definition) is 2. The molecule has 0 aromatic heterocycles. The molecule has 2 rings (SSSR count). The second kappa shape index (κ2) is 4.72. The first-order valence-electron chi connectivity index (χ1n) is 6.34. The second-order valence-electron chi connectivity index (χ2n) is 5.11. The molecule has 1 saturated heterocycles. The third-order valence-electron chi connectivity index (χ3n) is 4.38. The zero-order valence-corrected chi connectivity index (χ0v) is 10.0. The van der Waals surface area contributed by atoms with Gasteiger partial charge in [-0.05, 0) is 32.7 Å². The van der Waals surface area contributed by atoms with Crippen LogP contribution in [0.15, 0.2) is 0 Å². The number of carboxylic acid groups (broad SMARTS) is 1. The summed E-state index contributed by atoms with van der Waals surface area (Å²) in [6.07, 6.45) is 6.76. The molecule has 1 heterocycles. The first kappa shape index (κ1) is 11.9. The third kappa shape index (κ3) is 2.09. The Hall–Kier alpha value is -0.610. The number of piperidine rings is 1. The molecule has 0 spiro atoms. The van der Waals surface area contributed by atoms with Crippen LogP contribution in [-0.2, 0) is 4.79 Å². The highest BCUT2D eigenvalue weighted by Gasteiger charge is 2.41. The smallest absolute Gasteiger partial charge is 0.323 e. The number of carbonyl (C=O) groups is 1. The molecule has 0 radical (unpaired) electrons. The standard InChI is InChI=1S/C12H22N2O2/c1-13-12(11(15)16)6-8-14(9-7-12)10-4-2-3-5-10/h10,13H,2-9H2,1H3,(H,15,16). The molecule has 1 aliphatic carbocycles. The molecule has 0 bridgehead atoms. The molecule has 0 atom stereocenters. The van der Waals surface area contributed by atoms with Crippen LogP contribution < -0.4 is 5.32 Å². The van der Waals surface area contributed by atoms with Crippen LogP contribution in [0.2, 0.25) is 0 Å². The van der Waals surface area contributed by atoms with E-state index in [0.29, 0.717) is 0 Å². The predicted molar refractivity (Wildman–Crippen MR) is 62.5 cm³/mol. The molecule has 1 aliphatic heterocycles. The Kier molecular flexibility index (Phi) is 3.50. The Morgan fingerprint density at radius 2 is 1.88 bits per heavy atom. The molecule has 1 saturated carbocycles. The van der Waals surface area contributed by atoms with E-state index in [1.54, 1.807) is 7.05 Å². The first-order chi connectivity index (χ1) is 7.68. The van der Waals surface area contributed by atoms with Gasteiger partial charge in [-0.15, -0.1) is 0 Å². The second-order valence-corrected chi connectivity index (χ2v) is 5.11. The van der Waals surface area contributed by atoms with Crippen LogP contribution in [0.5, 0.6) is 0 Å². The van der Waals surface area contributed by atoms with Gasteiger partial charge in [-0.2, -0.15) is 0 Å². The first-order valence-corrected chi connectivity index (χ1v) is 6.34. The van der Waals surface area contributed by atoms with Crippen LogP contribution in [0.3, 0.4) is 0 Å². The minimum Gasteiger partial charge on any atom is -0.480 e. The number of nitrogens with zero attached hydrogens (tertiary/aromatic N) is 1. The van der Waals surface area contributed by atoms with E-state index in [4.69, 9.17) is 0 Å². The van der Waals surface area contributed by atoms with Crippen molar-refractivity contribution >= 4 is 5.97 Å². The van der Waals surface area contributed by atoms with E-state index in [1.165, 1.54) is 25.7 Å². The highest BCUT2D eigenvalue weighted by Crippen LogP contribution is 2.29. The Bertz CT molecular complexity index is 254. The van der Waals surface area contributed by atoms with Gasteiger partial charge in [-0.1, -0.05) is 12.8 Å². The van der Waals surface area contributed by atoms with Crippen molar-refractivity contribution in [1.82, 2.24) is 10.2 Å². The monoisotopic (exact) mass is 226 g/mol. The van der Waals surface area contributed by atoms with Crippen molar-refractivity contribution in [3.05, 3.63) is 0 Å². The van der Waals surface area contributed by atoms with Crippen molar-refractivity contribution in [2.45, 2.75) is 50.1 Å². The largest absolute Gasteiger partial charge is 0.480 e. The van der Waals surface area contributed by atoms with Gasteiger partial charge in [-0.25, -0.2) is 0 Å². The zero-order valence-electron chi connectivity index (χ0n) is 10.0. The van der Waals surface area contributed by atoms with Crippen molar-refractivity contribution in [3.63, 3.8) is 0 Å². The Morgan fingerprint density at radius 1 is 1.31 bits per heavy atom. The van der Waals surface area contributed by atoms with Gasteiger partial charge in [-0.3, -0.25) is 4.79 Å². The number of aliphatic carboxylic acids is 1. The van der Waals surface area contributed by atoms with Gasteiger partial charge in [0.2, 0.25) is 0 Å². The van der Waals surface area contributed by atoms with Crippen LogP contribution in [-0.4, -0.2) is 47.7 Å². The maximum atomic E-state index is 11.3. The molecule has 0 amide bonds. The number of carboxylic acids is 1. The molecule has 92 valence electrons. The minimum atomic E-state index is -0.693. The fourth-order valence-corrected chi connectivity index (χ4v) is 3.11. The van der Waals surface area contributed by atoms with Crippen molar-refractivity contribution in [2.75, 3.05) is 20.1 Å². The highest BCUT2D eigenvalue weighted by molar-refractivity contribution is 5.78. The number of likely N-dealkylation sites (tertiary alicyclic amines) is 1. The number of rotatable bonds is 3. The fourth-order valence-electron chi connectivity index (χ4n) is 3.11. The molecule has 4 nitrogen and oxygen atoms in total. The highest BCUT2D eigenvalue weighted by atomic mass is 16.4. The lowest BCUT2D eigenvalue weighted by Gasteiger charge is -2.41. The third-order valence-corrected chi connectivity index (χ3v) is 4.38. The van der Waals surface area contributed by atoms with Crippen LogP contribution >= 0.6 is 0 Å². The Labute approximate surface area is 97.0 Å². The van der Waals surface area contributed by atoms with E-state index in [1.807, 2.05) is 0 Å². The van der Waals surface area contributed by atoms with Gasteiger partial charge in [0.25, 0.3) is 0 Å². The summed E-state index contributed by atoms with van der Waals surface area (Å²) in [5.74, 6) is -0.693. The average Bonchev–Trinajstić information content (AvgIpc) is 2.82. The van der Waals surface area contributed by atoms with Crippen molar-refractivity contribution in [2.24, 2.45) is 0 Å².